The van der Waals surface area contributed by atoms with E-state index < -0.39 is 0 Å². The number of aromatic nitrogens is 2. The first-order valence-electron chi connectivity index (χ1n) is 14.3. The fraction of sp³-hybridized carbons (Fsp3) is 0.828. The van der Waals surface area contributed by atoms with Crippen LogP contribution in [0, 0.1) is 17.3 Å². The van der Waals surface area contributed by atoms with Gasteiger partial charge in [-0.2, -0.15) is 0 Å². The van der Waals surface area contributed by atoms with Gasteiger partial charge < -0.3 is 9.80 Å². The molecule has 1 saturated heterocycles. The molecule has 1 spiro atoms. The van der Waals surface area contributed by atoms with Crippen LogP contribution in [0.4, 0.5) is 5.95 Å². The van der Waals surface area contributed by atoms with E-state index in [0.717, 1.165) is 63.7 Å². The second kappa shape index (κ2) is 11.2. The van der Waals surface area contributed by atoms with Crippen molar-refractivity contribution in [3.8, 4) is 0 Å². The van der Waals surface area contributed by atoms with Gasteiger partial charge in [-0.25, -0.2) is 9.97 Å². The van der Waals surface area contributed by atoms with Crippen molar-refractivity contribution in [2.45, 2.75) is 111 Å². The summed E-state index contributed by atoms with van der Waals surface area (Å²) in [5.41, 5.74) is 1.71. The highest BCUT2D eigenvalue weighted by Gasteiger charge is 2.53. The number of piperazine rings is 1. The summed E-state index contributed by atoms with van der Waals surface area (Å²) in [4.78, 5) is 28.9. The molecule has 0 bridgehead atoms. The van der Waals surface area contributed by atoms with Gasteiger partial charge in [-0.3, -0.25) is 9.69 Å². The van der Waals surface area contributed by atoms with Crippen LogP contribution in [0.3, 0.4) is 0 Å². The number of nitrogens with zero attached hydrogens (tertiary/aromatic N) is 5. The molecule has 4 rings (SSSR count). The summed E-state index contributed by atoms with van der Waals surface area (Å²) in [6.45, 7) is 15.3. The molecule has 196 valence electrons. The number of ketones is 1. The fourth-order valence-corrected chi connectivity index (χ4v) is 7.31. The number of carbonyl (C=O) groups is 1. The van der Waals surface area contributed by atoms with E-state index in [1.165, 1.54) is 31.2 Å². The zero-order valence-corrected chi connectivity index (χ0v) is 23.2. The molecule has 1 aromatic rings. The lowest BCUT2D eigenvalue weighted by molar-refractivity contribution is -0.137. The normalized spacial score (nSPS) is 31.9. The Kier molecular flexibility index (Phi) is 8.53. The molecule has 3 fully saturated rings. The molecule has 2 aliphatic carbocycles. The first kappa shape index (κ1) is 26.5. The molecule has 0 amide bonds. The molecule has 0 radical (unpaired) electrons. The number of rotatable bonds is 11. The van der Waals surface area contributed by atoms with Crippen molar-refractivity contribution in [1.29, 1.82) is 0 Å². The van der Waals surface area contributed by atoms with Crippen molar-refractivity contribution >= 4 is 11.7 Å². The lowest BCUT2D eigenvalue weighted by Gasteiger charge is -2.58. The quantitative estimate of drug-likeness (QED) is 0.433. The summed E-state index contributed by atoms with van der Waals surface area (Å²) in [6.07, 6.45) is 13.7. The Morgan fingerprint density at radius 1 is 1.09 bits per heavy atom. The molecule has 0 N–H and O–H groups in total. The fourth-order valence-electron chi connectivity index (χ4n) is 7.31. The van der Waals surface area contributed by atoms with Crippen molar-refractivity contribution in [2.24, 2.45) is 17.3 Å². The van der Waals surface area contributed by atoms with E-state index in [1.54, 1.807) is 6.92 Å². The SMILES string of the molecule is CCCC(C)N1CC(CC)N(c2ncc(CN(C)CC3CC4(C3)CC(C(C)=O)C4)cn2)C(CC)C1. The molecule has 1 aromatic heterocycles. The van der Waals surface area contributed by atoms with E-state index in [-0.39, 0.29) is 0 Å². The van der Waals surface area contributed by atoms with Gasteiger partial charge in [0, 0.05) is 68.2 Å². The summed E-state index contributed by atoms with van der Waals surface area (Å²) < 4.78 is 0. The molecule has 3 unspecified atom stereocenters. The Hall–Kier alpha value is -1.53. The monoisotopic (exact) mass is 483 g/mol. The molecule has 2 saturated carbocycles. The van der Waals surface area contributed by atoms with Crippen molar-refractivity contribution in [2.75, 3.05) is 31.6 Å². The number of anilines is 1. The third-order valence-corrected chi connectivity index (χ3v) is 9.27. The number of carbonyl (C=O) groups excluding carboxylic acids is 1. The second-order valence-electron chi connectivity index (χ2n) is 12.2. The Labute approximate surface area is 213 Å². The smallest absolute Gasteiger partial charge is 0.225 e. The van der Waals surface area contributed by atoms with Crippen LogP contribution in [0.5, 0.6) is 0 Å². The van der Waals surface area contributed by atoms with Gasteiger partial charge in [0.25, 0.3) is 0 Å². The minimum atomic E-state index is 0.353. The van der Waals surface area contributed by atoms with Crippen LogP contribution >= 0.6 is 0 Å². The summed E-state index contributed by atoms with van der Waals surface area (Å²) in [7, 11) is 2.22. The van der Waals surface area contributed by atoms with E-state index in [2.05, 4.69) is 61.8 Å². The van der Waals surface area contributed by atoms with Gasteiger partial charge in [0.15, 0.2) is 0 Å². The van der Waals surface area contributed by atoms with Gasteiger partial charge >= 0.3 is 0 Å². The lowest BCUT2D eigenvalue weighted by atomic mass is 9.47. The maximum Gasteiger partial charge on any atom is 0.225 e. The highest BCUT2D eigenvalue weighted by atomic mass is 16.1. The van der Waals surface area contributed by atoms with Crippen molar-refractivity contribution in [3.63, 3.8) is 0 Å². The van der Waals surface area contributed by atoms with Gasteiger partial charge in [-0.15, -0.1) is 0 Å². The maximum absolute atomic E-state index is 11.6. The zero-order chi connectivity index (χ0) is 25.2. The van der Waals surface area contributed by atoms with Crippen LogP contribution in [-0.2, 0) is 11.3 Å². The zero-order valence-electron chi connectivity index (χ0n) is 23.2. The molecule has 2 heterocycles. The van der Waals surface area contributed by atoms with E-state index in [0.29, 0.717) is 35.2 Å². The molecule has 3 aliphatic rings. The van der Waals surface area contributed by atoms with Gasteiger partial charge in [0.1, 0.15) is 5.78 Å². The predicted octanol–water partition coefficient (Wildman–Crippen LogP) is 5.17. The van der Waals surface area contributed by atoms with E-state index >= 15 is 0 Å². The summed E-state index contributed by atoms with van der Waals surface area (Å²) in [6, 6.07) is 1.60. The summed E-state index contributed by atoms with van der Waals surface area (Å²) in [5, 5.41) is 0. The number of hydrogen-bond acceptors (Lipinski definition) is 6. The molecule has 35 heavy (non-hydrogen) atoms. The molecule has 3 atom stereocenters. The standard InChI is InChI=1S/C29H49N5O/c1-7-10-21(4)33-19-26(8-2)34(27(9-3)20-33)28-30-15-24(16-31-28)18-32(6)17-23-11-29(12-23)13-25(14-29)22(5)35/h15-16,21,23,25-27H,7-14,17-20H2,1-6H3. The molecular formula is C29H49N5O. The van der Waals surface area contributed by atoms with Crippen LogP contribution in [0.1, 0.15) is 91.5 Å². The molecule has 6 heteroatoms. The molecule has 0 aromatic carbocycles. The Bertz CT molecular complexity index is 814. The second-order valence-corrected chi connectivity index (χ2v) is 12.2. The lowest BCUT2D eigenvalue weighted by Crippen LogP contribution is -2.60. The van der Waals surface area contributed by atoms with Crippen LogP contribution in [0.25, 0.3) is 0 Å². The average Bonchev–Trinajstić information content (AvgIpc) is 2.79. The Morgan fingerprint density at radius 2 is 1.69 bits per heavy atom. The van der Waals surface area contributed by atoms with E-state index in [1.807, 2.05) is 0 Å². The largest absolute Gasteiger partial charge is 0.332 e. The van der Waals surface area contributed by atoms with Crippen LogP contribution in [-0.4, -0.2) is 70.4 Å². The highest BCUT2D eigenvalue weighted by molar-refractivity contribution is 5.79. The highest BCUT2D eigenvalue weighted by Crippen LogP contribution is 2.61. The topological polar surface area (TPSA) is 52.6 Å². The first-order chi connectivity index (χ1) is 16.8. The molecule has 1 aliphatic heterocycles. The minimum Gasteiger partial charge on any atom is -0.332 e. The Morgan fingerprint density at radius 3 is 2.20 bits per heavy atom. The third-order valence-electron chi connectivity index (χ3n) is 9.27. The first-order valence-corrected chi connectivity index (χ1v) is 14.3. The van der Waals surface area contributed by atoms with Crippen LogP contribution in [0.2, 0.25) is 0 Å². The average molecular weight is 484 g/mol. The van der Waals surface area contributed by atoms with E-state index in [4.69, 9.17) is 9.97 Å². The van der Waals surface area contributed by atoms with E-state index in [9.17, 15) is 4.79 Å². The Balaban J connectivity index is 1.29. The van der Waals surface area contributed by atoms with Crippen molar-refractivity contribution in [1.82, 2.24) is 19.8 Å². The van der Waals surface area contributed by atoms with Crippen molar-refractivity contribution < 1.29 is 4.79 Å². The molecular weight excluding hydrogens is 434 g/mol. The van der Waals surface area contributed by atoms with Gasteiger partial charge in [0.05, 0.1) is 0 Å². The van der Waals surface area contributed by atoms with Gasteiger partial charge in [0.2, 0.25) is 5.95 Å². The number of hydrogen-bond donors (Lipinski definition) is 0. The number of Topliss-reactive ketones (excluding diaryl/α,β-unsaturated/α-hetero) is 1. The molecule has 6 nitrogen and oxygen atoms in total. The maximum atomic E-state index is 11.6. The van der Waals surface area contributed by atoms with Gasteiger partial charge in [-0.05, 0) is 77.2 Å². The van der Waals surface area contributed by atoms with Crippen LogP contribution in [0.15, 0.2) is 12.4 Å². The predicted molar refractivity (Wildman–Crippen MR) is 144 cm³/mol. The minimum absolute atomic E-state index is 0.353. The third kappa shape index (κ3) is 5.90. The summed E-state index contributed by atoms with van der Waals surface area (Å²) >= 11 is 0. The summed E-state index contributed by atoms with van der Waals surface area (Å²) in [5.74, 6) is 2.42. The van der Waals surface area contributed by atoms with Crippen LogP contribution < -0.4 is 4.90 Å². The van der Waals surface area contributed by atoms with Crippen molar-refractivity contribution in [3.05, 3.63) is 18.0 Å². The van der Waals surface area contributed by atoms with Gasteiger partial charge in [-0.1, -0.05) is 27.2 Å².